The van der Waals surface area contributed by atoms with Crippen molar-refractivity contribution in [3.63, 3.8) is 0 Å². The smallest absolute Gasteiger partial charge is 1.00 e. The molecule has 0 aliphatic carbocycles. The van der Waals surface area contributed by atoms with E-state index in [1.165, 1.54) is 30.3 Å². The second-order valence-electron chi connectivity index (χ2n) is 5.82. The van der Waals surface area contributed by atoms with Crippen LogP contribution in [0, 0.1) is 0 Å². The molecule has 30 heavy (non-hydrogen) atoms. The molecule has 0 saturated carbocycles. The van der Waals surface area contributed by atoms with Gasteiger partial charge in [-0.15, -0.1) is 5.11 Å². The Bertz CT molecular complexity index is 1310. The van der Waals surface area contributed by atoms with Crippen molar-refractivity contribution in [2.75, 3.05) is 6.61 Å². The monoisotopic (exact) mass is 476 g/mol. The van der Waals surface area contributed by atoms with Crippen LogP contribution >= 0.6 is 0 Å². The zero-order valence-corrected chi connectivity index (χ0v) is 20.8. The van der Waals surface area contributed by atoms with Crippen LogP contribution in [0.1, 0.15) is 8.35 Å². The van der Waals surface area contributed by atoms with E-state index in [2.05, 4.69) is 10.2 Å². The minimum absolute atomic E-state index is 0. The van der Waals surface area contributed by atoms with Gasteiger partial charge in [-0.05, 0) is 37.3 Å². The Morgan fingerprint density at radius 2 is 1.57 bits per heavy atom. The maximum atomic E-state index is 11.9. The minimum Gasteiger partial charge on any atom is -1.00 e. The number of benzene rings is 3. The first-order valence-corrected chi connectivity index (χ1v) is 11.1. The maximum Gasteiger partial charge on any atom is 1.00 e. The van der Waals surface area contributed by atoms with Crippen molar-refractivity contribution in [1.82, 2.24) is 0 Å². The van der Waals surface area contributed by atoms with Crippen LogP contribution in [0.15, 0.2) is 74.6 Å². The van der Waals surface area contributed by atoms with Gasteiger partial charge >= 0.3 is 51.4 Å². The zero-order valence-electron chi connectivity index (χ0n) is 17.0. The second-order valence-corrected chi connectivity index (χ2v) is 8.82. The average molecular weight is 477 g/mol. The first-order chi connectivity index (χ1) is 13.6. The van der Waals surface area contributed by atoms with Gasteiger partial charge in [0.1, 0.15) is 10.6 Å². The first kappa shape index (κ1) is 25.0. The van der Waals surface area contributed by atoms with Crippen LogP contribution in [0.2, 0.25) is 0 Å². The Morgan fingerprint density at radius 1 is 0.967 bits per heavy atom. The molecule has 0 spiro atoms. The van der Waals surface area contributed by atoms with Gasteiger partial charge in [-0.2, -0.15) is 21.9 Å². The summed E-state index contributed by atoms with van der Waals surface area (Å²) in [5, 5.41) is 18.7. The van der Waals surface area contributed by atoms with E-state index in [-0.39, 0.29) is 75.4 Å². The number of nitrogens with zero attached hydrogens (tertiary/aromatic N) is 2. The van der Waals surface area contributed by atoms with Crippen molar-refractivity contribution in [3.05, 3.63) is 54.6 Å². The Balaban J connectivity index is 0.00000240. The number of aromatic hydroxyl groups is 1. The molecule has 154 valence electrons. The van der Waals surface area contributed by atoms with E-state index >= 15 is 0 Å². The molecule has 12 heteroatoms. The van der Waals surface area contributed by atoms with Gasteiger partial charge in [0, 0.05) is 10.8 Å². The summed E-state index contributed by atoms with van der Waals surface area (Å²) in [6.07, 6.45) is 0. The van der Waals surface area contributed by atoms with Crippen LogP contribution in [-0.2, 0) is 24.4 Å². The number of fused-ring (bicyclic) bond motifs is 1. The predicted molar refractivity (Wildman–Crippen MR) is 106 cm³/mol. The summed E-state index contributed by atoms with van der Waals surface area (Å²) in [5.74, 6) is -0.590. The fourth-order valence-corrected chi connectivity index (χ4v) is 4.14. The van der Waals surface area contributed by atoms with Crippen molar-refractivity contribution in [2.45, 2.75) is 16.7 Å². The third kappa shape index (κ3) is 5.52. The molecule has 0 unspecified atom stereocenters. The molecular formula is C18H17KN2O7S2. The van der Waals surface area contributed by atoms with Crippen LogP contribution in [0.3, 0.4) is 0 Å². The number of hydrogen-bond donors (Lipinski definition) is 2. The standard InChI is InChI=1S/C18H16N2O7S2.K.H/c1-2-27-29(25,26)13-9-7-12(8-10-13)19-20-16-11-17(28(22,23)24)18(21)15-6-4-3-5-14(15)16;;/h3-11,21H,2H2,1H3,(H,22,23,24);;/q;+1;-1. The van der Waals surface area contributed by atoms with E-state index in [9.17, 15) is 26.5 Å². The van der Waals surface area contributed by atoms with E-state index in [1.54, 1.807) is 25.1 Å². The molecule has 0 saturated heterocycles. The van der Waals surface area contributed by atoms with Gasteiger partial charge < -0.3 is 6.53 Å². The molecule has 0 atom stereocenters. The molecule has 3 rings (SSSR count). The number of rotatable bonds is 6. The summed E-state index contributed by atoms with van der Waals surface area (Å²) in [6.45, 7) is 1.57. The molecule has 3 aromatic carbocycles. The van der Waals surface area contributed by atoms with Crippen molar-refractivity contribution < 1.29 is 83.5 Å². The molecule has 0 aliphatic rings. The van der Waals surface area contributed by atoms with Gasteiger partial charge in [-0.1, -0.05) is 24.3 Å². The van der Waals surface area contributed by atoms with Gasteiger partial charge in [0.05, 0.1) is 22.9 Å². The normalized spacial score (nSPS) is 12.2. The summed E-state index contributed by atoms with van der Waals surface area (Å²) < 4.78 is 60.9. The van der Waals surface area contributed by atoms with E-state index in [4.69, 9.17) is 4.18 Å². The number of azo groups is 1. The van der Waals surface area contributed by atoms with Crippen LogP contribution in [-0.4, -0.2) is 33.1 Å². The van der Waals surface area contributed by atoms with Crippen LogP contribution in [0.4, 0.5) is 11.4 Å². The molecule has 0 amide bonds. The van der Waals surface area contributed by atoms with E-state index in [0.717, 1.165) is 6.07 Å². The average Bonchev–Trinajstić information content (AvgIpc) is 2.67. The van der Waals surface area contributed by atoms with Gasteiger partial charge in [-0.3, -0.25) is 8.74 Å². The third-order valence-electron chi connectivity index (χ3n) is 3.91. The SMILES string of the molecule is CCOS(=O)(=O)c1ccc(N=Nc2cc(S(=O)(=O)O)c(O)c3ccccc23)cc1.[H-].[K+]. The van der Waals surface area contributed by atoms with Crippen molar-refractivity contribution in [1.29, 1.82) is 0 Å². The molecule has 0 aromatic heterocycles. The molecule has 0 radical (unpaired) electrons. The fraction of sp³-hybridized carbons (Fsp3) is 0.111. The Hall–Kier alpha value is -1.22. The minimum atomic E-state index is -4.69. The van der Waals surface area contributed by atoms with Crippen molar-refractivity contribution >= 4 is 42.4 Å². The summed E-state index contributed by atoms with van der Waals surface area (Å²) in [6, 6.07) is 12.8. The maximum absolute atomic E-state index is 11.9. The first-order valence-electron chi connectivity index (χ1n) is 8.27. The van der Waals surface area contributed by atoms with E-state index < -0.39 is 30.9 Å². The molecule has 0 heterocycles. The second kappa shape index (κ2) is 9.93. The van der Waals surface area contributed by atoms with Crippen molar-refractivity contribution in [2.24, 2.45) is 10.2 Å². The largest absolute Gasteiger partial charge is 1.00 e. The van der Waals surface area contributed by atoms with Crippen LogP contribution in [0.25, 0.3) is 10.8 Å². The van der Waals surface area contributed by atoms with Crippen LogP contribution < -0.4 is 51.4 Å². The van der Waals surface area contributed by atoms with E-state index in [0.29, 0.717) is 11.1 Å². The number of phenols is 1. The molecule has 9 nitrogen and oxygen atoms in total. The van der Waals surface area contributed by atoms with Gasteiger partial charge in [-0.25, -0.2) is 0 Å². The van der Waals surface area contributed by atoms with Gasteiger partial charge in [0.25, 0.3) is 20.2 Å². The quantitative estimate of drug-likeness (QED) is 0.234. The predicted octanol–water partition coefficient (Wildman–Crippen LogP) is 1.05. The third-order valence-corrected chi connectivity index (χ3v) is 6.17. The Kier molecular flexibility index (Phi) is 8.29. The topological polar surface area (TPSA) is 143 Å². The Labute approximate surface area is 217 Å². The Morgan fingerprint density at radius 3 is 2.13 bits per heavy atom. The van der Waals surface area contributed by atoms with Gasteiger partial charge in [0.15, 0.2) is 0 Å². The molecular weight excluding hydrogens is 459 g/mol. The number of hydrogen-bond acceptors (Lipinski definition) is 8. The van der Waals surface area contributed by atoms with Crippen LogP contribution in [0.5, 0.6) is 5.75 Å². The van der Waals surface area contributed by atoms with Gasteiger partial charge in [0.2, 0.25) is 0 Å². The molecule has 2 N–H and O–H groups in total. The van der Waals surface area contributed by atoms with Crippen molar-refractivity contribution in [3.8, 4) is 5.75 Å². The summed E-state index contributed by atoms with van der Waals surface area (Å²) >= 11 is 0. The van der Waals surface area contributed by atoms with E-state index in [1.807, 2.05) is 0 Å². The number of phenolic OH excluding ortho intramolecular Hbond substituents is 1. The summed E-state index contributed by atoms with van der Waals surface area (Å²) in [7, 11) is -8.53. The zero-order chi connectivity index (χ0) is 21.2. The molecule has 0 fully saturated rings. The summed E-state index contributed by atoms with van der Waals surface area (Å²) in [5.41, 5.74) is 0.392. The summed E-state index contributed by atoms with van der Waals surface area (Å²) in [4.78, 5) is -0.731. The molecule has 0 aliphatic heterocycles. The fourth-order valence-electron chi connectivity index (χ4n) is 2.61. The molecule has 0 bridgehead atoms. The molecule has 3 aromatic rings.